The standard InChI is InChI=1S/C31H41Cl2NO5/c1-16-9-19-18(20(35)10-16)12-21(36)26-28(19,3)14-23-29(4,30(26,5)15-24(37)38-6)7-8-31-13-17(2)11-22(39-31)25(27(32)33)34(23)31/h10,14,17-19,22,25-27H,7-9,11-13,15H2,1-6H3/t17-,18-,19+,22+,25-,26?,28-,29+,30-,31-/m0/s1. The van der Waals surface area contributed by atoms with E-state index >= 15 is 0 Å². The normalized spacial score (nSPS) is 48.5. The Kier molecular flexibility index (Phi) is 6.28. The SMILES string of the molecule is COC(=O)C[C@@]1(C)C2C(=O)C[C@@H]3C(=O)C=C(C)C[C@H]3[C@]2(C)C=C2N3[C@H](C(Cl)Cl)[C@H]4C[C@H](C)C[C@]3(CC[C@]21C)O4. The van der Waals surface area contributed by atoms with Crippen molar-refractivity contribution in [3.8, 4) is 0 Å². The first-order chi connectivity index (χ1) is 18.2. The molecule has 3 heterocycles. The Hall–Kier alpha value is -1.37. The van der Waals surface area contributed by atoms with Crippen molar-refractivity contribution < 1.29 is 23.9 Å². The summed E-state index contributed by atoms with van der Waals surface area (Å²) in [5.74, 6) is -0.525. The van der Waals surface area contributed by atoms with Crippen LogP contribution < -0.4 is 0 Å². The van der Waals surface area contributed by atoms with Crippen molar-refractivity contribution >= 4 is 40.7 Å². The molecular formula is C31H41Cl2NO5. The van der Waals surface area contributed by atoms with Crippen LogP contribution in [0.1, 0.15) is 79.6 Å². The predicted octanol–water partition coefficient (Wildman–Crippen LogP) is 6.00. The number of rotatable bonds is 3. The number of hydrogen-bond donors (Lipinski definition) is 0. The van der Waals surface area contributed by atoms with E-state index < -0.39 is 32.7 Å². The first kappa shape index (κ1) is 27.8. The number of ether oxygens (including phenoxy) is 2. The number of Topliss-reactive ketones (excluding diaryl/α,β-unsaturated/α-hetero) is 1. The van der Waals surface area contributed by atoms with Crippen molar-refractivity contribution in [2.24, 2.45) is 39.9 Å². The lowest BCUT2D eigenvalue weighted by Gasteiger charge is -2.68. The zero-order chi connectivity index (χ0) is 28.3. The minimum Gasteiger partial charge on any atom is -0.469 e. The van der Waals surface area contributed by atoms with Crippen molar-refractivity contribution in [2.45, 2.75) is 102 Å². The van der Waals surface area contributed by atoms with Gasteiger partial charge in [0.05, 0.1) is 25.7 Å². The van der Waals surface area contributed by atoms with Gasteiger partial charge in [-0.3, -0.25) is 14.4 Å². The van der Waals surface area contributed by atoms with Crippen LogP contribution in [0.3, 0.4) is 0 Å². The summed E-state index contributed by atoms with van der Waals surface area (Å²) in [6.07, 6.45) is 8.39. The van der Waals surface area contributed by atoms with E-state index in [4.69, 9.17) is 32.7 Å². The molecule has 1 unspecified atom stereocenters. The second-order valence-electron chi connectivity index (χ2n) is 14.2. The molecule has 0 aromatic rings. The highest BCUT2D eigenvalue weighted by molar-refractivity contribution is 6.44. The topological polar surface area (TPSA) is 72.9 Å². The van der Waals surface area contributed by atoms with Crippen molar-refractivity contribution in [1.29, 1.82) is 0 Å². The van der Waals surface area contributed by atoms with Crippen LogP contribution in [0.4, 0.5) is 0 Å². The molecule has 3 aliphatic heterocycles. The summed E-state index contributed by atoms with van der Waals surface area (Å²) in [6.45, 7) is 10.8. The fourth-order valence-electron chi connectivity index (χ4n) is 10.2. The number of esters is 1. The van der Waals surface area contributed by atoms with Gasteiger partial charge in [0.1, 0.15) is 16.3 Å². The molecule has 6 nitrogen and oxygen atoms in total. The molecule has 0 N–H and O–H groups in total. The minimum atomic E-state index is -0.734. The van der Waals surface area contributed by atoms with E-state index in [2.05, 4.69) is 38.7 Å². The number of hydrogen-bond acceptors (Lipinski definition) is 6. The van der Waals surface area contributed by atoms with Gasteiger partial charge in [0.2, 0.25) is 0 Å². The van der Waals surface area contributed by atoms with Crippen molar-refractivity contribution in [3.05, 3.63) is 23.4 Å². The van der Waals surface area contributed by atoms with Crippen LogP contribution >= 0.6 is 23.2 Å². The zero-order valence-corrected chi connectivity index (χ0v) is 25.4. The van der Waals surface area contributed by atoms with Crippen LogP contribution in [0, 0.1) is 39.9 Å². The second-order valence-corrected chi connectivity index (χ2v) is 15.3. The monoisotopic (exact) mass is 577 g/mol. The van der Waals surface area contributed by atoms with Crippen molar-refractivity contribution in [2.75, 3.05) is 7.11 Å². The number of halogens is 2. The van der Waals surface area contributed by atoms with Gasteiger partial charge in [-0.2, -0.15) is 0 Å². The number of allylic oxidation sites excluding steroid dienone is 4. The minimum absolute atomic E-state index is 0.0346. The van der Waals surface area contributed by atoms with Gasteiger partial charge in [0, 0.05) is 34.8 Å². The van der Waals surface area contributed by atoms with E-state index in [-0.39, 0.29) is 54.4 Å². The summed E-state index contributed by atoms with van der Waals surface area (Å²) in [7, 11) is 1.41. The second kappa shape index (κ2) is 8.82. The van der Waals surface area contributed by atoms with Crippen LogP contribution in [0.2, 0.25) is 0 Å². The fourth-order valence-corrected chi connectivity index (χ4v) is 10.7. The fraction of sp³-hybridized carbons (Fsp3) is 0.774. The molecule has 10 atom stereocenters. The Morgan fingerprint density at radius 3 is 2.59 bits per heavy atom. The number of ketones is 2. The first-order valence-electron chi connectivity index (χ1n) is 14.5. The van der Waals surface area contributed by atoms with Gasteiger partial charge in [-0.1, -0.05) is 39.3 Å². The van der Waals surface area contributed by atoms with Gasteiger partial charge in [0.15, 0.2) is 5.78 Å². The predicted molar refractivity (Wildman–Crippen MR) is 149 cm³/mol. The molecule has 0 aromatic heterocycles. The van der Waals surface area contributed by atoms with Crippen molar-refractivity contribution in [1.82, 2.24) is 4.90 Å². The molecule has 8 heteroatoms. The van der Waals surface area contributed by atoms with Crippen LogP contribution in [-0.4, -0.2) is 52.3 Å². The van der Waals surface area contributed by atoms with E-state index in [1.54, 1.807) is 6.08 Å². The highest BCUT2D eigenvalue weighted by atomic mass is 35.5. The molecule has 6 rings (SSSR count). The zero-order valence-electron chi connectivity index (χ0n) is 23.9. The summed E-state index contributed by atoms with van der Waals surface area (Å²) in [5, 5.41) is 0. The highest BCUT2D eigenvalue weighted by Crippen LogP contribution is 2.72. The number of nitrogens with zero attached hydrogens (tertiary/aromatic N) is 1. The first-order valence-corrected chi connectivity index (χ1v) is 15.4. The van der Waals surface area contributed by atoms with E-state index in [0.717, 1.165) is 43.4 Å². The largest absolute Gasteiger partial charge is 0.469 e. The third kappa shape index (κ3) is 3.59. The number of fused-ring (bicyclic) bond motifs is 6. The van der Waals surface area contributed by atoms with Gasteiger partial charge >= 0.3 is 5.97 Å². The van der Waals surface area contributed by atoms with Gasteiger partial charge in [-0.25, -0.2) is 0 Å². The molecule has 214 valence electrons. The number of piperidine rings is 1. The maximum Gasteiger partial charge on any atom is 0.306 e. The van der Waals surface area contributed by atoms with E-state index in [1.807, 2.05) is 6.92 Å². The maximum atomic E-state index is 14.2. The number of carbonyl (C=O) groups is 3. The number of carbonyl (C=O) groups excluding carboxylic acids is 3. The van der Waals surface area contributed by atoms with Crippen LogP contribution in [0.15, 0.2) is 23.4 Å². The Morgan fingerprint density at radius 2 is 1.92 bits per heavy atom. The number of methoxy groups -OCH3 is 1. The summed E-state index contributed by atoms with van der Waals surface area (Å²) >= 11 is 13.5. The molecule has 0 aromatic carbocycles. The molecule has 3 aliphatic carbocycles. The molecule has 3 saturated heterocycles. The maximum absolute atomic E-state index is 14.2. The molecule has 0 radical (unpaired) electrons. The third-order valence-electron chi connectivity index (χ3n) is 11.9. The van der Waals surface area contributed by atoms with E-state index in [9.17, 15) is 14.4 Å². The lowest BCUT2D eigenvalue weighted by Crippen LogP contribution is -2.68. The third-order valence-corrected chi connectivity index (χ3v) is 12.4. The molecule has 4 fully saturated rings. The smallest absolute Gasteiger partial charge is 0.306 e. The molecule has 1 saturated carbocycles. The van der Waals surface area contributed by atoms with Gasteiger partial charge in [-0.15, -0.1) is 23.2 Å². The van der Waals surface area contributed by atoms with Crippen LogP contribution in [0.25, 0.3) is 0 Å². The molecule has 0 amide bonds. The van der Waals surface area contributed by atoms with Crippen LogP contribution in [-0.2, 0) is 23.9 Å². The summed E-state index contributed by atoms with van der Waals surface area (Å²) in [4.78, 5) is 42.3. The Bertz CT molecular complexity index is 1200. The van der Waals surface area contributed by atoms with Gasteiger partial charge < -0.3 is 14.4 Å². The highest BCUT2D eigenvalue weighted by Gasteiger charge is 2.72. The lowest BCUT2D eigenvalue weighted by molar-refractivity contribution is -0.198. The van der Waals surface area contributed by atoms with Crippen LogP contribution in [0.5, 0.6) is 0 Å². The lowest BCUT2D eigenvalue weighted by atomic mass is 9.38. The van der Waals surface area contributed by atoms with Gasteiger partial charge in [-0.05, 0) is 62.4 Å². The Labute approximate surface area is 241 Å². The molecular weight excluding hydrogens is 537 g/mol. The summed E-state index contributed by atoms with van der Waals surface area (Å²) in [6, 6.07) is -0.226. The van der Waals surface area contributed by atoms with Gasteiger partial charge in [0.25, 0.3) is 0 Å². The number of alkyl halides is 2. The molecule has 6 aliphatic rings. The van der Waals surface area contributed by atoms with E-state index in [1.165, 1.54) is 7.11 Å². The summed E-state index contributed by atoms with van der Waals surface area (Å²) < 4.78 is 12.1. The Balaban J connectivity index is 1.61. The average molecular weight is 579 g/mol. The molecule has 2 bridgehead atoms. The quantitative estimate of drug-likeness (QED) is 0.302. The molecule has 1 spiro atoms. The molecule has 39 heavy (non-hydrogen) atoms. The summed E-state index contributed by atoms with van der Waals surface area (Å²) in [5.41, 5.74) is -0.269. The van der Waals surface area contributed by atoms with Crippen molar-refractivity contribution in [3.63, 3.8) is 0 Å². The Morgan fingerprint density at radius 1 is 1.21 bits per heavy atom. The average Bonchev–Trinajstić information content (AvgIpc) is 3.08. The van der Waals surface area contributed by atoms with E-state index in [0.29, 0.717) is 5.92 Å².